The molecule has 0 aliphatic rings. The minimum absolute atomic E-state index is 0.439. The highest BCUT2D eigenvalue weighted by atomic mass is 35.5. The lowest BCUT2D eigenvalue weighted by atomic mass is 10.1. The Morgan fingerprint density at radius 2 is 2.31 bits per heavy atom. The number of halogens is 1. The fourth-order valence-corrected chi connectivity index (χ4v) is 1.11. The molecule has 0 saturated heterocycles. The summed E-state index contributed by atoms with van der Waals surface area (Å²) in [6.45, 7) is 0. The van der Waals surface area contributed by atoms with E-state index < -0.39 is 5.97 Å². The Morgan fingerprint density at radius 3 is 2.92 bits per heavy atom. The number of aliphatic carboxylic acids is 1. The topological polar surface area (TPSA) is 37.3 Å². The van der Waals surface area contributed by atoms with Gasteiger partial charge in [-0.25, -0.2) is 4.79 Å². The third-order valence-corrected chi connectivity index (χ3v) is 1.83. The fraction of sp³-hybridized carbons (Fsp3) is 0.100. The van der Waals surface area contributed by atoms with Crippen LogP contribution in [0.4, 0.5) is 0 Å². The number of benzene rings is 1. The molecule has 0 fully saturated rings. The van der Waals surface area contributed by atoms with Crippen LogP contribution in [0.25, 0.3) is 6.08 Å². The lowest BCUT2D eigenvalue weighted by Crippen LogP contribution is -1.86. The van der Waals surface area contributed by atoms with Crippen molar-refractivity contribution >= 4 is 23.6 Å². The molecule has 0 spiro atoms. The van der Waals surface area contributed by atoms with E-state index in [1.165, 1.54) is 0 Å². The van der Waals surface area contributed by atoms with E-state index in [0.29, 0.717) is 5.88 Å². The van der Waals surface area contributed by atoms with Crippen LogP contribution in [0.2, 0.25) is 0 Å². The van der Waals surface area contributed by atoms with E-state index in [9.17, 15) is 4.79 Å². The largest absolute Gasteiger partial charge is 0.478 e. The normalized spacial score (nSPS) is 10.5. The number of hydrogen-bond acceptors (Lipinski definition) is 1. The first kappa shape index (κ1) is 9.81. The van der Waals surface area contributed by atoms with Crippen LogP contribution in [0.15, 0.2) is 30.3 Å². The number of rotatable bonds is 3. The molecule has 0 unspecified atom stereocenters. The maximum Gasteiger partial charge on any atom is 0.328 e. The first-order valence-electron chi connectivity index (χ1n) is 3.78. The van der Waals surface area contributed by atoms with Crippen LogP contribution in [0.1, 0.15) is 11.1 Å². The van der Waals surface area contributed by atoms with Crippen molar-refractivity contribution in [2.45, 2.75) is 5.88 Å². The predicted molar refractivity (Wildman–Crippen MR) is 52.7 cm³/mol. The molecule has 0 amide bonds. The van der Waals surface area contributed by atoms with Crippen LogP contribution >= 0.6 is 11.6 Å². The molecule has 0 atom stereocenters. The molecule has 0 aliphatic carbocycles. The van der Waals surface area contributed by atoms with Crippen LogP contribution in [0, 0.1) is 0 Å². The predicted octanol–water partition coefficient (Wildman–Crippen LogP) is 2.52. The average molecular weight is 197 g/mol. The summed E-state index contributed by atoms with van der Waals surface area (Å²) in [4.78, 5) is 10.2. The molecule has 0 aliphatic heterocycles. The lowest BCUT2D eigenvalue weighted by molar-refractivity contribution is -0.131. The summed E-state index contributed by atoms with van der Waals surface area (Å²) >= 11 is 5.62. The van der Waals surface area contributed by atoms with Crippen LogP contribution in [-0.4, -0.2) is 11.1 Å². The third kappa shape index (κ3) is 3.30. The van der Waals surface area contributed by atoms with Crippen LogP contribution in [0.3, 0.4) is 0 Å². The van der Waals surface area contributed by atoms with Gasteiger partial charge in [-0.05, 0) is 17.2 Å². The molecule has 0 radical (unpaired) electrons. The monoisotopic (exact) mass is 196 g/mol. The quantitative estimate of drug-likeness (QED) is 0.596. The van der Waals surface area contributed by atoms with Gasteiger partial charge in [0.15, 0.2) is 0 Å². The van der Waals surface area contributed by atoms with Gasteiger partial charge < -0.3 is 5.11 Å². The molecule has 0 aromatic heterocycles. The van der Waals surface area contributed by atoms with E-state index >= 15 is 0 Å². The van der Waals surface area contributed by atoms with Crippen molar-refractivity contribution in [3.63, 3.8) is 0 Å². The van der Waals surface area contributed by atoms with Gasteiger partial charge in [0.25, 0.3) is 0 Å². The van der Waals surface area contributed by atoms with Crippen molar-refractivity contribution in [3.8, 4) is 0 Å². The number of carbonyl (C=O) groups is 1. The van der Waals surface area contributed by atoms with E-state index in [4.69, 9.17) is 16.7 Å². The second kappa shape index (κ2) is 4.67. The molecule has 1 rings (SSSR count). The maximum absolute atomic E-state index is 10.2. The molecular weight excluding hydrogens is 188 g/mol. The molecule has 1 aromatic rings. The summed E-state index contributed by atoms with van der Waals surface area (Å²) in [5.74, 6) is -0.509. The van der Waals surface area contributed by atoms with Gasteiger partial charge in [0.05, 0.1) is 0 Å². The molecule has 1 N–H and O–H groups in total. The zero-order chi connectivity index (χ0) is 9.68. The zero-order valence-electron chi connectivity index (χ0n) is 6.90. The number of carboxylic acid groups (broad SMARTS) is 1. The van der Waals surface area contributed by atoms with E-state index in [1.54, 1.807) is 6.08 Å². The highest BCUT2D eigenvalue weighted by Gasteiger charge is 1.92. The Labute approximate surface area is 81.5 Å². The standard InChI is InChI=1S/C10H9ClO2/c11-7-9-3-1-2-8(6-9)4-5-10(12)13/h1-6H,7H2,(H,12,13). The Kier molecular flexibility index (Phi) is 3.53. The van der Waals surface area contributed by atoms with Gasteiger partial charge in [-0.1, -0.05) is 24.3 Å². The average Bonchev–Trinajstić information content (AvgIpc) is 2.15. The van der Waals surface area contributed by atoms with Crippen molar-refractivity contribution in [1.29, 1.82) is 0 Å². The SMILES string of the molecule is O=C(O)C=Cc1cccc(CCl)c1. The van der Waals surface area contributed by atoms with Crippen molar-refractivity contribution < 1.29 is 9.90 Å². The summed E-state index contributed by atoms with van der Waals surface area (Å²) in [6.07, 6.45) is 2.64. The molecule has 0 heterocycles. The Morgan fingerprint density at radius 1 is 1.54 bits per heavy atom. The smallest absolute Gasteiger partial charge is 0.328 e. The highest BCUT2D eigenvalue weighted by Crippen LogP contribution is 2.08. The lowest BCUT2D eigenvalue weighted by Gasteiger charge is -1.96. The zero-order valence-corrected chi connectivity index (χ0v) is 7.66. The molecule has 3 heteroatoms. The van der Waals surface area contributed by atoms with E-state index in [-0.39, 0.29) is 0 Å². The van der Waals surface area contributed by atoms with E-state index in [2.05, 4.69) is 0 Å². The van der Waals surface area contributed by atoms with E-state index in [1.807, 2.05) is 24.3 Å². The van der Waals surface area contributed by atoms with Crippen molar-refractivity contribution in [1.82, 2.24) is 0 Å². The van der Waals surface area contributed by atoms with Crippen molar-refractivity contribution in [2.75, 3.05) is 0 Å². The molecule has 68 valence electrons. The second-order valence-electron chi connectivity index (χ2n) is 2.55. The van der Waals surface area contributed by atoms with Crippen LogP contribution in [-0.2, 0) is 10.7 Å². The Balaban J connectivity index is 2.83. The first-order chi connectivity index (χ1) is 6.22. The fourth-order valence-electron chi connectivity index (χ4n) is 0.947. The van der Waals surface area contributed by atoms with Gasteiger partial charge in [-0.3, -0.25) is 0 Å². The number of hydrogen-bond donors (Lipinski definition) is 1. The van der Waals surface area contributed by atoms with Gasteiger partial charge in [-0.15, -0.1) is 11.6 Å². The Hall–Kier alpha value is -1.28. The van der Waals surface area contributed by atoms with Crippen LogP contribution in [0.5, 0.6) is 0 Å². The summed E-state index contributed by atoms with van der Waals surface area (Å²) < 4.78 is 0. The molecule has 2 nitrogen and oxygen atoms in total. The highest BCUT2D eigenvalue weighted by molar-refractivity contribution is 6.17. The molecular formula is C10H9ClO2. The molecule has 0 bridgehead atoms. The molecule has 0 saturated carbocycles. The van der Waals surface area contributed by atoms with Gasteiger partial charge >= 0.3 is 5.97 Å². The van der Waals surface area contributed by atoms with Gasteiger partial charge in [0.1, 0.15) is 0 Å². The van der Waals surface area contributed by atoms with Crippen molar-refractivity contribution in [3.05, 3.63) is 41.5 Å². The third-order valence-electron chi connectivity index (χ3n) is 1.52. The minimum atomic E-state index is -0.948. The van der Waals surface area contributed by atoms with E-state index in [0.717, 1.165) is 17.2 Å². The van der Waals surface area contributed by atoms with Gasteiger partial charge in [0.2, 0.25) is 0 Å². The number of alkyl halides is 1. The first-order valence-corrected chi connectivity index (χ1v) is 4.32. The Bertz CT molecular complexity index is 331. The molecule has 1 aromatic carbocycles. The minimum Gasteiger partial charge on any atom is -0.478 e. The maximum atomic E-state index is 10.2. The van der Waals surface area contributed by atoms with Gasteiger partial charge in [-0.2, -0.15) is 0 Å². The molecule has 13 heavy (non-hydrogen) atoms. The summed E-state index contributed by atoms with van der Waals surface area (Å²) in [5, 5.41) is 8.39. The van der Waals surface area contributed by atoms with Gasteiger partial charge in [0, 0.05) is 12.0 Å². The second-order valence-corrected chi connectivity index (χ2v) is 2.82. The summed E-state index contributed by atoms with van der Waals surface area (Å²) in [5.41, 5.74) is 1.83. The van der Waals surface area contributed by atoms with Crippen LogP contribution < -0.4 is 0 Å². The summed E-state index contributed by atoms with van der Waals surface area (Å²) in [7, 11) is 0. The summed E-state index contributed by atoms with van der Waals surface area (Å²) in [6, 6.07) is 7.42. The van der Waals surface area contributed by atoms with Crippen molar-refractivity contribution in [2.24, 2.45) is 0 Å². The number of carboxylic acids is 1.